The Morgan fingerprint density at radius 1 is 1.26 bits per heavy atom. The Hall–Kier alpha value is -2.51. The molecule has 6 nitrogen and oxygen atoms in total. The number of nitrogens with one attached hydrogen (secondary N) is 1. The van der Waals surface area contributed by atoms with Gasteiger partial charge in [-0.2, -0.15) is 0 Å². The Morgan fingerprint density at radius 2 is 1.96 bits per heavy atom. The normalized spacial score (nSPS) is 22.4. The smallest absolute Gasteiger partial charge is 0.332 e. The van der Waals surface area contributed by atoms with Crippen molar-refractivity contribution in [2.75, 3.05) is 11.4 Å². The number of anilines is 1. The molecule has 2 atom stereocenters. The van der Waals surface area contributed by atoms with Gasteiger partial charge in [-0.1, -0.05) is 13.8 Å². The Balaban J connectivity index is 1.75. The minimum atomic E-state index is -0.963. The first kappa shape index (κ1) is 19.3. The van der Waals surface area contributed by atoms with Crippen molar-refractivity contribution < 1.29 is 23.2 Å². The highest BCUT2D eigenvalue weighted by Crippen LogP contribution is 2.32. The molecule has 8 heteroatoms. The molecule has 1 aromatic rings. The van der Waals surface area contributed by atoms with Gasteiger partial charge in [-0.25, -0.2) is 18.5 Å². The van der Waals surface area contributed by atoms with Crippen molar-refractivity contribution in [1.82, 2.24) is 10.2 Å². The lowest BCUT2D eigenvalue weighted by atomic mass is 9.96. The van der Waals surface area contributed by atoms with Gasteiger partial charge >= 0.3 is 6.03 Å². The van der Waals surface area contributed by atoms with Crippen LogP contribution < -0.4 is 10.2 Å². The number of amides is 4. The lowest BCUT2D eigenvalue weighted by molar-refractivity contribution is -0.127. The summed E-state index contributed by atoms with van der Waals surface area (Å²) in [6.07, 6.45) is 2.29. The standard InChI is InChI=1S/C19H23F2N3O3/c1-3-11(4-2)17(25)22-13-7-8-23-16(10-13)18(26)24(19(23)27)15-6-5-12(20)9-14(15)21/h5-6,9,11,13,16H,3-4,7-8,10H2,1-2H3,(H,22,25)/t13-,16+/m1/s1. The van der Waals surface area contributed by atoms with E-state index in [2.05, 4.69) is 5.32 Å². The van der Waals surface area contributed by atoms with Gasteiger partial charge < -0.3 is 10.2 Å². The number of hydrogen-bond acceptors (Lipinski definition) is 3. The van der Waals surface area contributed by atoms with Crippen LogP contribution in [0.25, 0.3) is 0 Å². The number of hydrogen-bond donors (Lipinski definition) is 1. The fourth-order valence-electron chi connectivity index (χ4n) is 3.79. The van der Waals surface area contributed by atoms with E-state index < -0.39 is 29.6 Å². The highest BCUT2D eigenvalue weighted by Gasteiger charge is 2.49. The quantitative estimate of drug-likeness (QED) is 0.800. The molecule has 0 spiro atoms. The van der Waals surface area contributed by atoms with Gasteiger partial charge in [0.15, 0.2) is 0 Å². The number of urea groups is 1. The van der Waals surface area contributed by atoms with E-state index in [1.54, 1.807) is 0 Å². The summed E-state index contributed by atoms with van der Waals surface area (Å²) in [5.74, 6) is -2.41. The van der Waals surface area contributed by atoms with E-state index in [4.69, 9.17) is 0 Å². The number of benzene rings is 1. The number of carbonyl (C=O) groups is 3. The van der Waals surface area contributed by atoms with Crippen LogP contribution in [0.15, 0.2) is 18.2 Å². The van der Waals surface area contributed by atoms with Gasteiger partial charge in [-0.3, -0.25) is 9.59 Å². The van der Waals surface area contributed by atoms with Crippen LogP contribution in [-0.2, 0) is 9.59 Å². The Morgan fingerprint density at radius 3 is 2.59 bits per heavy atom. The molecule has 2 aliphatic heterocycles. The molecule has 0 radical (unpaired) electrons. The minimum Gasteiger partial charge on any atom is -0.353 e. The van der Waals surface area contributed by atoms with Crippen LogP contribution in [0.1, 0.15) is 39.5 Å². The third-order valence-corrected chi connectivity index (χ3v) is 5.40. The fourth-order valence-corrected chi connectivity index (χ4v) is 3.79. The molecule has 146 valence electrons. The van der Waals surface area contributed by atoms with Crippen LogP contribution in [0.3, 0.4) is 0 Å². The van der Waals surface area contributed by atoms with Crippen molar-refractivity contribution in [2.24, 2.45) is 5.92 Å². The van der Waals surface area contributed by atoms with Crippen molar-refractivity contribution >= 4 is 23.5 Å². The number of piperidine rings is 1. The maximum atomic E-state index is 14.1. The van der Waals surface area contributed by atoms with Gasteiger partial charge in [-0.15, -0.1) is 0 Å². The van der Waals surface area contributed by atoms with Crippen LogP contribution in [0, 0.1) is 17.6 Å². The maximum absolute atomic E-state index is 14.1. The van der Waals surface area contributed by atoms with Crippen LogP contribution in [0.5, 0.6) is 0 Å². The van der Waals surface area contributed by atoms with Gasteiger partial charge in [0.1, 0.15) is 17.7 Å². The molecule has 0 aliphatic carbocycles. The number of fused-ring (bicyclic) bond motifs is 1. The molecule has 1 N–H and O–H groups in total. The van der Waals surface area contributed by atoms with Crippen LogP contribution in [0.4, 0.5) is 19.3 Å². The van der Waals surface area contributed by atoms with E-state index >= 15 is 0 Å². The van der Waals surface area contributed by atoms with E-state index in [1.807, 2.05) is 13.8 Å². The minimum absolute atomic E-state index is 0.0448. The monoisotopic (exact) mass is 379 g/mol. The molecule has 0 saturated carbocycles. The van der Waals surface area contributed by atoms with Gasteiger partial charge in [0.2, 0.25) is 5.91 Å². The van der Waals surface area contributed by atoms with E-state index in [-0.39, 0.29) is 30.0 Å². The predicted molar refractivity (Wildman–Crippen MR) is 95.0 cm³/mol. The molecule has 2 fully saturated rings. The van der Waals surface area contributed by atoms with E-state index in [9.17, 15) is 23.2 Å². The summed E-state index contributed by atoms with van der Waals surface area (Å²) in [4.78, 5) is 39.8. The molecule has 0 bridgehead atoms. The lowest BCUT2D eigenvalue weighted by Crippen LogP contribution is -2.50. The molecule has 0 aromatic heterocycles. The molecule has 3 rings (SSSR count). The van der Waals surface area contributed by atoms with Gasteiger partial charge in [0.25, 0.3) is 5.91 Å². The highest BCUT2D eigenvalue weighted by molar-refractivity contribution is 6.21. The van der Waals surface area contributed by atoms with Crippen LogP contribution in [-0.4, -0.2) is 41.4 Å². The SMILES string of the molecule is CCC(CC)C(=O)N[C@@H]1CCN2C(=O)N(c3ccc(F)cc3F)C(=O)[C@@H]2C1. The number of rotatable bonds is 5. The number of carbonyl (C=O) groups excluding carboxylic acids is 3. The van der Waals surface area contributed by atoms with E-state index in [0.717, 1.165) is 29.9 Å². The zero-order valence-corrected chi connectivity index (χ0v) is 15.4. The second-order valence-electron chi connectivity index (χ2n) is 7.00. The third kappa shape index (κ3) is 3.52. The van der Waals surface area contributed by atoms with Gasteiger partial charge in [0.05, 0.1) is 5.69 Å². The third-order valence-electron chi connectivity index (χ3n) is 5.40. The lowest BCUT2D eigenvalue weighted by Gasteiger charge is -2.33. The maximum Gasteiger partial charge on any atom is 0.332 e. The van der Waals surface area contributed by atoms with E-state index in [0.29, 0.717) is 19.0 Å². The summed E-state index contributed by atoms with van der Waals surface area (Å²) >= 11 is 0. The second kappa shape index (κ2) is 7.62. The molecule has 1 aromatic carbocycles. The van der Waals surface area contributed by atoms with Crippen molar-refractivity contribution in [2.45, 2.75) is 51.6 Å². The Kier molecular flexibility index (Phi) is 5.43. The van der Waals surface area contributed by atoms with Gasteiger partial charge in [-0.05, 0) is 37.8 Å². The summed E-state index contributed by atoms with van der Waals surface area (Å²) in [6.45, 7) is 4.19. The molecule has 0 unspecified atom stereocenters. The largest absolute Gasteiger partial charge is 0.353 e. The number of imide groups is 1. The van der Waals surface area contributed by atoms with Crippen LogP contribution in [0.2, 0.25) is 0 Å². The van der Waals surface area contributed by atoms with Crippen molar-refractivity contribution in [3.05, 3.63) is 29.8 Å². The van der Waals surface area contributed by atoms with Gasteiger partial charge in [0, 0.05) is 24.6 Å². The number of nitrogens with zero attached hydrogens (tertiary/aromatic N) is 2. The van der Waals surface area contributed by atoms with Crippen molar-refractivity contribution in [3.8, 4) is 0 Å². The highest BCUT2D eigenvalue weighted by atomic mass is 19.1. The van der Waals surface area contributed by atoms with Crippen LogP contribution >= 0.6 is 0 Å². The summed E-state index contributed by atoms with van der Waals surface area (Å²) < 4.78 is 27.2. The first-order valence-electron chi connectivity index (χ1n) is 9.27. The predicted octanol–water partition coefficient (Wildman–Crippen LogP) is 2.82. The first-order chi connectivity index (χ1) is 12.9. The fraction of sp³-hybridized carbons (Fsp3) is 0.526. The molecule has 4 amide bonds. The summed E-state index contributed by atoms with van der Waals surface area (Å²) in [5.41, 5.74) is -0.251. The zero-order chi connectivity index (χ0) is 19.7. The summed E-state index contributed by atoms with van der Waals surface area (Å²) in [6, 6.07) is 1.17. The first-order valence-corrected chi connectivity index (χ1v) is 9.27. The number of halogens is 2. The molecule has 27 heavy (non-hydrogen) atoms. The molecule has 2 saturated heterocycles. The zero-order valence-electron chi connectivity index (χ0n) is 15.4. The molecular formula is C19H23F2N3O3. The van der Waals surface area contributed by atoms with Crippen molar-refractivity contribution in [1.29, 1.82) is 0 Å². The second-order valence-corrected chi connectivity index (χ2v) is 7.00. The molecular weight excluding hydrogens is 356 g/mol. The Bertz CT molecular complexity index is 767. The molecule has 2 aliphatic rings. The Labute approximate surface area is 156 Å². The van der Waals surface area contributed by atoms with Crippen molar-refractivity contribution in [3.63, 3.8) is 0 Å². The van der Waals surface area contributed by atoms with E-state index in [1.165, 1.54) is 4.90 Å². The summed E-state index contributed by atoms with van der Waals surface area (Å²) in [7, 11) is 0. The molecule has 2 heterocycles. The average molecular weight is 379 g/mol. The average Bonchev–Trinajstić information content (AvgIpc) is 2.87. The summed E-state index contributed by atoms with van der Waals surface area (Å²) in [5, 5.41) is 2.97. The topological polar surface area (TPSA) is 69.7 Å².